The number of anilines is 1. The number of hydrogen-bond donors (Lipinski definition) is 0. The number of amides is 2. The number of hydrogen-bond acceptors (Lipinski definition) is 5. The molecule has 0 atom stereocenters. The molecule has 162 valence electrons. The third-order valence-electron chi connectivity index (χ3n) is 5.48. The van der Waals surface area contributed by atoms with Crippen LogP contribution in [-0.2, 0) is 9.59 Å². The fourth-order valence-corrected chi connectivity index (χ4v) is 4.02. The van der Waals surface area contributed by atoms with Gasteiger partial charge in [-0.25, -0.2) is 4.90 Å². The van der Waals surface area contributed by atoms with Gasteiger partial charge in [-0.15, -0.1) is 0 Å². The molecule has 7 heteroatoms. The quantitative estimate of drug-likeness (QED) is 0.665. The van der Waals surface area contributed by atoms with Crippen LogP contribution in [0.3, 0.4) is 0 Å². The Hall–Kier alpha value is -2.83. The molecule has 0 N–H and O–H groups in total. The Balaban J connectivity index is 1.75. The Morgan fingerprint density at radius 1 is 0.871 bits per heavy atom. The highest BCUT2D eigenvalue weighted by atomic mass is 35.5. The predicted octanol–water partition coefficient (Wildman–Crippen LogP) is 3.66. The Labute approximate surface area is 187 Å². The summed E-state index contributed by atoms with van der Waals surface area (Å²) in [5, 5.41) is 0.552. The molecule has 2 aliphatic heterocycles. The van der Waals surface area contributed by atoms with Crippen molar-refractivity contribution in [2.45, 2.75) is 20.0 Å². The highest BCUT2D eigenvalue weighted by molar-refractivity contribution is 6.45. The number of carbonyl (C=O) groups excluding carboxylic acids is 2. The van der Waals surface area contributed by atoms with E-state index in [1.165, 1.54) is 4.90 Å². The van der Waals surface area contributed by atoms with Crippen molar-refractivity contribution in [3.05, 3.63) is 64.8 Å². The number of piperazine rings is 1. The second-order valence-electron chi connectivity index (χ2n) is 8.13. The molecule has 0 bridgehead atoms. The molecular weight excluding hydrogens is 414 g/mol. The van der Waals surface area contributed by atoms with Crippen molar-refractivity contribution in [2.24, 2.45) is 0 Å². The average molecular weight is 440 g/mol. The maximum atomic E-state index is 13.5. The molecule has 0 spiro atoms. The zero-order chi connectivity index (χ0) is 22.1. The van der Waals surface area contributed by atoms with Crippen LogP contribution in [0.15, 0.2) is 54.2 Å². The van der Waals surface area contributed by atoms with Gasteiger partial charge in [-0.05, 0) is 62.9 Å². The minimum absolute atomic E-state index is 0.0565. The van der Waals surface area contributed by atoms with Crippen LogP contribution in [0.1, 0.15) is 19.4 Å². The number of ether oxygens (including phenoxy) is 1. The van der Waals surface area contributed by atoms with Crippen LogP contribution < -0.4 is 9.64 Å². The first-order chi connectivity index (χ1) is 14.8. The number of nitrogens with zero attached hydrogens (tertiary/aromatic N) is 3. The second-order valence-corrected chi connectivity index (χ2v) is 8.56. The number of benzene rings is 2. The Morgan fingerprint density at radius 3 is 2.06 bits per heavy atom. The van der Waals surface area contributed by atoms with Gasteiger partial charge in [0.15, 0.2) is 0 Å². The third kappa shape index (κ3) is 4.31. The van der Waals surface area contributed by atoms with Gasteiger partial charge in [-0.3, -0.25) is 9.59 Å². The average Bonchev–Trinajstić information content (AvgIpc) is 3.00. The van der Waals surface area contributed by atoms with E-state index in [-0.39, 0.29) is 17.9 Å². The van der Waals surface area contributed by atoms with E-state index in [2.05, 4.69) is 11.9 Å². The van der Waals surface area contributed by atoms with Gasteiger partial charge < -0.3 is 14.5 Å². The molecule has 6 nitrogen and oxygen atoms in total. The molecule has 0 aromatic heterocycles. The molecule has 0 radical (unpaired) electrons. The van der Waals surface area contributed by atoms with E-state index in [1.807, 2.05) is 43.0 Å². The van der Waals surface area contributed by atoms with Gasteiger partial charge in [0.1, 0.15) is 11.4 Å². The summed E-state index contributed by atoms with van der Waals surface area (Å²) >= 11 is 6.01. The largest absolute Gasteiger partial charge is 0.491 e. The van der Waals surface area contributed by atoms with Crippen molar-refractivity contribution in [1.82, 2.24) is 9.80 Å². The number of likely N-dealkylation sites (N-methyl/N-ethyl adjacent to an activating group) is 1. The van der Waals surface area contributed by atoms with Crippen molar-refractivity contribution in [1.29, 1.82) is 0 Å². The highest BCUT2D eigenvalue weighted by Crippen LogP contribution is 2.36. The smallest absolute Gasteiger partial charge is 0.282 e. The summed E-state index contributed by atoms with van der Waals surface area (Å²) in [6, 6.07) is 14.1. The molecule has 2 aliphatic rings. The lowest BCUT2D eigenvalue weighted by molar-refractivity contribution is -0.120. The van der Waals surface area contributed by atoms with Gasteiger partial charge in [-0.1, -0.05) is 23.7 Å². The zero-order valence-electron chi connectivity index (χ0n) is 18.0. The fraction of sp³-hybridized carbons (Fsp3) is 0.333. The van der Waals surface area contributed by atoms with E-state index >= 15 is 0 Å². The molecule has 0 saturated carbocycles. The van der Waals surface area contributed by atoms with Crippen molar-refractivity contribution in [2.75, 3.05) is 38.1 Å². The number of carbonyl (C=O) groups is 2. The molecule has 0 unspecified atom stereocenters. The van der Waals surface area contributed by atoms with Crippen LogP contribution in [-0.4, -0.2) is 60.9 Å². The highest BCUT2D eigenvalue weighted by Gasteiger charge is 2.42. The summed E-state index contributed by atoms with van der Waals surface area (Å²) in [7, 11) is 2.06. The van der Waals surface area contributed by atoms with Gasteiger partial charge in [0.05, 0.1) is 17.4 Å². The van der Waals surface area contributed by atoms with Crippen molar-refractivity contribution >= 4 is 34.7 Å². The van der Waals surface area contributed by atoms with Gasteiger partial charge in [0, 0.05) is 31.2 Å². The topological polar surface area (TPSA) is 53.1 Å². The van der Waals surface area contributed by atoms with E-state index in [1.54, 1.807) is 24.3 Å². The van der Waals surface area contributed by atoms with Crippen LogP contribution in [0.4, 0.5) is 5.69 Å². The van der Waals surface area contributed by atoms with E-state index in [0.29, 0.717) is 40.6 Å². The minimum Gasteiger partial charge on any atom is -0.491 e. The Bertz CT molecular complexity index is 1010. The number of rotatable bonds is 5. The molecule has 1 fully saturated rings. The molecule has 2 heterocycles. The first-order valence-corrected chi connectivity index (χ1v) is 10.8. The zero-order valence-corrected chi connectivity index (χ0v) is 18.7. The summed E-state index contributed by atoms with van der Waals surface area (Å²) in [5.74, 6) is 0.111. The molecule has 2 amide bonds. The lowest BCUT2D eigenvalue weighted by Crippen LogP contribution is -2.46. The third-order valence-corrected chi connectivity index (χ3v) is 5.73. The first-order valence-electron chi connectivity index (χ1n) is 10.4. The lowest BCUT2D eigenvalue weighted by atomic mass is 10.0. The molecule has 1 saturated heterocycles. The Morgan fingerprint density at radius 2 is 1.48 bits per heavy atom. The van der Waals surface area contributed by atoms with Gasteiger partial charge in [-0.2, -0.15) is 0 Å². The van der Waals surface area contributed by atoms with Crippen LogP contribution in [0.25, 0.3) is 5.57 Å². The number of halogens is 1. The summed E-state index contributed by atoms with van der Waals surface area (Å²) in [4.78, 5) is 32.5. The van der Waals surface area contributed by atoms with E-state index in [4.69, 9.17) is 16.3 Å². The van der Waals surface area contributed by atoms with Crippen molar-refractivity contribution < 1.29 is 14.3 Å². The van der Waals surface area contributed by atoms with E-state index < -0.39 is 0 Å². The van der Waals surface area contributed by atoms with Crippen LogP contribution in [0, 0.1) is 0 Å². The molecule has 0 aliphatic carbocycles. The van der Waals surface area contributed by atoms with Crippen LogP contribution in [0.2, 0.25) is 5.02 Å². The Kier molecular flexibility index (Phi) is 6.03. The first kappa shape index (κ1) is 21.4. The van der Waals surface area contributed by atoms with Gasteiger partial charge >= 0.3 is 0 Å². The normalized spacial score (nSPS) is 17.8. The van der Waals surface area contributed by atoms with Gasteiger partial charge in [0.2, 0.25) is 0 Å². The molecule has 4 rings (SSSR count). The molecule has 2 aromatic carbocycles. The number of imide groups is 1. The van der Waals surface area contributed by atoms with Crippen LogP contribution >= 0.6 is 11.6 Å². The monoisotopic (exact) mass is 439 g/mol. The van der Waals surface area contributed by atoms with Gasteiger partial charge in [0.25, 0.3) is 11.8 Å². The second kappa shape index (κ2) is 8.73. The summed E-state index contributed by atoms with van der Waals surface area (Å²) < 4.78 is 5.73. The molecular formula is C24H26ClN3O3. The maximum absolute atomic E-state index is 13.5. The standard InChI is InChI=1S/C24H26ClN3O3/c1-16(2)31-20-10-4-17(5-11-20)21-22(27-14-12-26(3)13-15-27)24(30)28(23(21)29)19-8-6-18(25)7-9-19/h4-11,16H,12-15H2,1-3H3. The fourth-order valence-electron chi connectivity index (χ4n) is 3.90. The maximum Gasteiger partial charge on any atom is 0.282 e. The van der Waals surface area contributed by atoms with E-state index in [0.717, 1.165) is 18.8 Å². The van der Waals surface area contributed by atoms with E-state index in [9.17, 15) is 9.59 Å². The minimum atomic E-state index is -0.321. The lowest BCUT2D eigenvalue weighted by Gasteiger charge is -2.34. The summed E-state index contributed by atoms with van der Waals surface area (Å²) in [6.45, 7) is 6.98. The van der Waals surface area contributed by atoms with Crippen LogP contribution in [0.5, 0.6) is 5.75 Å². The SMILES string of the molecule is CC(C)Oc1ccc(C2=C(N3CCN(C)CC3)C(=O)N(c3ccc(Cl)cc3)C2=O)cc1. The summed E-state index contributed by atoms with van der Waals surface area (Å²) in [6.07, 6.45) is 0.0565. The predicted molar refractivity (Wildman–Crippen MR) is 122 cm³/mol. The van der Waals surface area contributed by atoms with Crippen molar-refractivity contribution in [3.8, 4) is 5.75 Å². The van der Waals surface area contributed by atoms with Crippen molar-refractivity contribution in [3.63, 3.8) is 0 Å². The summed E-state index contributed by atoms with van der Waals surface area (Å²) in [5.41, 5.74) is 2.12. The molecule has 31 heavy (non-hydrogen) atoms. The molecule has 2 aromatic rings.